The second-order valence-corrected chi connectivity index (χ2v) is 14.5. The maximum Gasteiger partial charge on any atom is 0.202 e. The molecule has 0 amide bonds. The number of ether oxygens (including phenoxy) is 1. The standard InChI is InChI=1S/C36H40O9/c1-17-7-8-21-33(43)28(44-6)14-30(42)36(21,31-13-26(41)32-25(40)9-19(37)10-27(32)45-31)22(17)11-23-18(2)24(39)12-29-34(3,4)15-20(38)16-35(23,29)5/h7,9-10,13-14,20-23,29,37-38,40H,2,8,11-12,15-16H2,1,3-6H3/t20-,21-,22+,23+,29-,35+,36-/m0/s1. The van der Waals surface area contributed by atoms with E-state index < -0.39 is 57.4 Å². The van der Waals surface area contributed by atoms with Gasteiger partial charge in [0, 0.05) is 42.5 Å². The van der Waals surface area contributed by atoms with Crippen LogP contribution in [0.2, 0.25) is 0 Å². The lowest BCUT2D eigenvalue weighted by molar-refractivity contribution is -0.144. The van der Waals surface area contributed by atoms with Gasteiger partial charge in [-0.2, -0.15) is 0 Å². The first-order chi connectivity index (χ1) is 21.1. The third-order valence-electron chi connectivity index (χ3n) is 11.6. The highest BCUT2D eigenvalue weighted by Gasteiger charge is 2.64. The normalized spacial score (nSPS) is 34.6. The first kappa shape index (κ1) is 31.0. The zero-order valence-corrected chi connectivity index (χ0v) is 26.3. The Hall–Kier alpha value is -3.98. The number of hydrogen-bond acceptors (Lipinski definition) is 9. The van der Waals surface area contributed by atoms with Crippen molar-refractivity contribution < 1.29 is 38.9 Å². The lowest BCUT2D eigenvalue weighted by atomic mass is 9.44. The number of aliphatic hydroxyl groups excluding tert-OH is 1. The van der Waals surface area contributed by atoms with Crippen LogP contribution in [0.25, 0.3) is 11.0 Å². The molecule has 2 fully saturated rings. The first-order valence-electron chi connectivity index (χ1n) is 15.5. The fraction of sp³-hybridized carbons (Fsp3) is 0.500. The van der Waals surface area contributed by atoms with Crippen molar-refractivity contribution in [3.05, 3.63) is 69.8 Å². The van der Waals surface area contributed by atoms with Crippen molar-refractivity contribution in [2.45, 2.75) is 71.3 Å². The summed E-state index contributed by atoms with van der Waals surface area (Å²) in [5, 5.41) is 31.6. The molecule has 6 rings (SSSR count). The van der Waals surface area contributed by atoms with Crippen LogP contribution in [0, 0.1) is 34.5 Å². The summed E-state index contributed by atoms with van der Waals surface area (Å²) in [5.41, 5.74) is -2.10. The van der Waals surface area contributed by atoms with E-state index >= 15 is 0 Å². The highest BCUT2D eigenvalue weighted by molar-refractivity contribution is 6.14. The Bertz CT molecular complexity index is 1790. The number of benzene rings is 1. The minimum Gasteiger partial charge on any atom is -0.508 e. The number of phenolic OH excluding ortho intramolecular Hbond substituents is 2. The van der Waals surface area contributed by atoms with E-state index in [2.05, 4.69) is 27.4 Å². The predicted octanol–water partition coefficient (Wildman–Crippen LogP) is 5.05. The van der Waals surface area contributed by atoms with Gasteiger partial charge in [0.05, 0.1) is 13.2 Å². The molecule has 3 N–H and O–H groups in total. The van der Waals surface area contributed by atoms with Gasteiger partial charge in [0.1, 0.15) is 33.6 Å². The van der Waals surface area contributed by atoms with Crippen molar-refractivity contribution in [1.82, 2.24) is 0 Å². The fourth-order valence-corrected chi connectivity index (χ4v) is 9.64. The predicted molar refractivity (Wildman–Crippen MR) is 165 cm³/mol. The molecule has 2 saturated carbocycles. The number of allylic oxidation sites excluding steroid dienone is 5. The minimum absolute atomic E-state index is 0.0502. The Labute approximate surface area is 261 Å². The van der Waals surface area contributed by atoms with Crippen LogP contribution in [0.4, 0.5) is 0 Å². The van der Waals surface area contributed by atoms with Gasteiger partial charge in [-0.3, -0.25) is 19.2 Å². The van der Waals surface area contributed by atoms with Gasteiger partial charge in [0.25, 0.3) is 0 Å². The van der Waals surface area contributed by atoms with Crippen LogP contribution >= 0.6 is 0 Å². The summed E-state index contributed by atoms with van der Waals surface area (Å²) >= 11 is 0. The lowest BCUT2D eigenvalue weighted by Crippen LogP contribution is -2.59. The van der Waals surface area contributed by atoms with E-state index in [0.717, 1.165) is 23.8 Å². The van der Waals surface area contributed by atoms with E-state index in [1.54, 1.807) is 0 Å². The highest BCUT2D eigenvalue weighted by atomic mass is 16.5. The van der Waals surface area contributed by atoms with Gasteiger partial charge < -0.3 is 24.5 Å². The van der Waals surface area contributed by atoms with Gasteiger partial charge in [0.15, 0.2) is 22.8 Å². The van der Waals surface area contributed by atoms with Gasteiger partial charge in [-0.1, -0.05) is 39.0 Å². The zero-order chi connectivity index (χ0) is 32.8. The van der Waals surface area contributed by atoms with Crippen LogP contribution < -0.4 is 5.43 Å². The molecule has 0 bridgehead atoms. The number of carbonyl (C=O) groups excluding carboxylic acids is 3. The van der Waals surface area contributed by atoms with E-state index in [0.29, 0.717) is 24.8 Å². The Morgan fingerprint density at radius 1 is 1.04 bits per heavy atom. The number of Topliss-reactive ketones (excluding diaryl/α,β-unsaturated/α-hetero) is 2. The third kappa shape index (κ3) is 4.37. The molecule has 0 spiro atoms. The van der Waals surface area contributed by atoms with Crippen LogP contribution in [-0.4, -0.2) is 45.9 Å². The quantitative estimate of drug-likeness (QED) is 0.317. The largest absolute Gasteiger partial charge is 0.508 e. The topological polar surface area (TPSA) is 151 Å². The number of phenols is 2. The van der Waals surface area contributed by atoms with Gasteiger partial charge in [-0.15, -0.1) is 0 Å². The summed E-state index contributed by atoms with van der Waals surface area (Å²) in [6, 6.07) is 3.38. The molecule has 7 atom stereocenters. The van der Waals surface area contributed by atoms with Gasteiger partial charge >= 0.3 is 0 Å². The number of methoxy groups -OCH3 is 1. The van der Waals surface area contributed by atoms with Crippen molar-refractivity contribution >= 4 is 28.3 Å². The Balaban J connectivity index is 1.60. The maximum atomic E-state index is 14.6. The molecule has 4 aliphatic rings. The van der Waals surface area contributed by atoms with Gasteiger partial charge in [-0.25, -0.2) is 0 Å². The second-order valence-electron chi connectivity index (χ2n) is 14.5. The summed E-state index contributed by atoms with van der Waals surface area (Å²) in [6.45, 7) is 12.4. The molecule has 0 saturated heterocycles. The monoisotopic (exact) mass is 616 g/mol. The van der Waals surface area contributed by atoms with Crippen molar-refractivity contribution in [3.63, 3.8) is 0 Å². The Kier molecular flexibility index (Phi) is 7.08. The van der Waals surface area contributed by atoms with Crippen molar-refractivity contribution in [1.29, 1.82) is 0 Å². The number of ketones is 3. The lowest BCUT2D eigenvalue weighted by Gasteiger charge is -2.59. The average Bonchev–Trinajstić information content (AvgIpc) is 2.93. The Morgan fingerprint density at radius 2 is 1.76 bits per heavy atom. The summed E-state index contributed by atoms with van der Waals surface area (Å²) in [7, 11) is 1.32. The summed E-state index contributed by atoms with van der Waals surface area (Å²) in [4.78, 5) is 55.6. The molecule has 1 aromatic carbocycles. The van der Waals surface area contributed by atoms with Crippen molar-refractivity contribution in [2.24, 2.45) is 34.5 Å². The molecule has 0 unspecified atom stereocenters. The van der Waals surface area contributed by atoms with Crippen LogP contribution in [0.1, 0.15) is 65.6 Å². The fourth-order valence-electron chi connectivity index (χ4n) is 9.64. The van der Waals surface area contributed by atoms with Crippen LogP contribution in [0.3, 0.4) is 0 Å². The van der Waals surface area contributed by atoms with E-state index in [9.17, 15) is 34.5 Å². The van der Waals surface area contributed by atoms with Gasteiger partial charge in [-0.05, 0) is 60.8 Å². The summed E-state index contributed by atoms with van der Waals surface area (Å²) in [6.07, 6.45) is 4.25. The number of aromatic hydroxyl groups is 2. The van der Waals surface area contributed by atoms with E-state index in [4.69, 9.17) is 9.15 Å². The SMILES string of the molecule is C=C1C(=O)C[C@H]2C(C)(C)C[C@H](O)C[C@]2(C)[C@@H]1C[C@@H]1C(C)=CC[C@H]2C(=O)C(OC)=CC(=O)[C@@]12c1cc(=O)c2c(O)cc(O)cc2o1. The Morgan fingerprint density at radius 3 is 2.44 bits per heavy atom. The molecule has 0 aliphatic heterocycles. The van der Waals surface area contributed by atoms with E-state index in [-0.39, 0.29) is 58.2 Å². The molecule has 1 heterocycles. The molecule has 4 aliphatic carbocycles. The summed E-state index contributed by atoms with van der Waals surface area (Å²) < 4.78 is 11.6. The smallest absolute Gasteiger partial charge is 0.202 e. The number of hydrogen-bond donors (Lipinski definition) is 3. The second kappa shape index (κ2) is 10.3. The molecule has 1 aromatic heterocycles. The van der Waals surface area contributed by atoms with Crippen molar-refractivity contribution in [3.8, 4) is 11.5 Å². The number of rotatable bonds is 4. The number of aliphatic hydroxyl groups is 1. The molecular formula is C36H40O9. The molecular weight excluding hydrogens is 576 g/mol. The molecule has 45 heavy (non-hydrogen) atoms. The average molecular weight is 617 g/mol. The van der Waals surface area contributed by atoms with Crippen LogP contribution in [-0.2, 0) is 24.5 Å². The molecule has 2 aromatic rings. The highest BCUT2D eigenvalue weighted by Crippen LogP contribution is 2.63. The molecule has 9 nitrogen and oxygen atoms in total. The van der Waals surface area contributed by atoms with Gasteiger partial charge in [0.2, 0.25) is 5.78 Å². The van der Waals surface area contributed by atoms with E-state index in [1.807, 2.05) is 13.0 Å². The first-order valence-corrected chi connectivity index (χ1v) is 15.5. The van der Waals surface area contributed by atoms with Crippen LogP contribution in [0.15, 0.2) is 63.0 Å². The van der Waals surface area contributed by atoms with E-state index in [1.165, 1.54) is 13.2 Å². The minimum atomic E-state index is -1.69. The van der Waals surface area contributed by atoms with Crippen molar-refractivity contribution in [2.75, 3.05) is 7.11 Å². The third-order valence-corrected chi connectivity index (χ3v) is 11.6. The molecule has 9 heteroatoms. The summed E-state index contributed by atoms with van der Waals surface area (Å²) in [5.74, 6) is -4.10. The number of carbonyl (C=O) groups is 3. The molecule has 0 radical (unpaired) electrons. The molecule has 238 valence electrons. The number of fused-ring (bicyclic) bond motifs is 3. The zero-order valence-electron chi connectivity index (χ0n) is 26.3. The maximum absolute atomic E-state index is 14.6. The van der Waals surface area contributed by atoms with Crippen LogP contribution in [0.5, 0.6) is 11.5 Å².